The minimum absolute atomic E-state index is 0.425. The molecular weight excluding hydrogens is 288 g/mol. The summed E-state index contributed by atoms with van der Waals surface area (Å²) >= 11 is 0. The average Bonchev–Trinajstić information content (AvgIpc) is 2.53. The number of rotatable bonds is 5. The predicted molar refractivity (Wildman–Crippen MR) is 94.4 cm³/mol. The van der Waals surface area contributed by atoms with Crippen LogP contribution in [0.2, 0.25) is 0 Å². The maximum atomic E-state index is 11.4. The van der Waals surface area contributed by atoms with E-state index in [1.165, 1.54) is 13.2 Å². The highest BCUT2D eigenvalue weighted by atomic mass is 16.5. The third-order valence-corrected chi connectivity index (χ3v) is 3.16. The summed E-state index contributed by atoms with van der Waals surface area (Å²) in [6.07, 6.45) is 7.84. The minimum Gasteiger partial charge on any atom is -0.496 e. The Balaban J connectivity index is 2.14. The number of hydrogen-bond donors (Lipinski definition) is 0. The van der Waals surface area contributed by atoms with Gasteiger partial charge < -0.3 is 9.15 Å². The van der Waals surface area contributed by atoms with Gasteiger partial charge in [0.15, 0.2) is 0 Å². The van der Waals surface area contributed by atoms with Crippen molar-refractivity contribution >= 4 is 12.2 Å². The third-order valence-electron chi connectivity index (χ3n) is 3.16. The van der Waals surface area contributed by atoms with Gasteiger partial charge in [-0.3, -0.25) is 0 Å². The van der Waals surface area contributed by atoms with E-state index in [-0.39, 0.29) is 0 Å². The molecule has 0 saturated heterocycles. The first-order chi connectivity index (χ1) is 11.1. The highest BCUT2D eigenvalue weighted by molar-refractivity contribution is 5.57. The van der Waals surface area contributed by atoms with E-state index in [4.69, 9.17) is 9.15 Å². The van der Waals surface area contributed by atoms with E-state index in [0.717, 1.165) is 16.7 Å². The van der Waals surface area contributed by atoms with Crippen molar-refractivity contribution in [3.05, 3.63) is 87.5 Å². The topological polar surface area (TPSA) is 39.4 Å². The summed E-state index contributed by atoms with van der Waals surface area (Å²) in [4.78, 5) is 11.4. The second-order valence-corrected chi connectivity index (χ2v) is 5.24. The normalized spacial score (nSPS) is 12.7. The summed E-state index contributed by atoms with van der Waals surface area (Å²) in [5.74, 6) is 0.953. The molecule has 0 fully saturated rings. The van der Waals surface area contributed by atoms with Crippen molar-refractivity contribution in [3.63, 3.8) is 0 Å². The van der Waals surface area contributed by atoms with E-state index in [9.17, 15) is 4.79 Å². The molecule has 0 radical (unpaired) electrons. The predicted octanol–water partition coefficient (Wildman–Crippen LogP) is 4.71. The van der Waals surface area contributed by atoms with Crippen LogP contribution in [-0.4, -0.2) is 7.11 Å². The lowest BCUT2D eigenvalue weighted by Crippen LogP contribution is -1.98. The molecule has 3 heteroatoms. The molecule has 2 aromatic rings. The molecule has 0 amide bonds. The second kappa shape index (κ2) is 7.99. The molecule has 0 N–H and O–H groups in total. The van der Waals surface area contributed by atoms with Gasteiger partial charge in [0.2, 0.25) is 0 Å². The van der Waals surface area contributed by atoms with Gasteiger partial charge in [0, 0.05) is 6.07 Å². The zero-order valence-corrected chi connectivity index (χ0v) is 13.6. The Kier molecular flexibility index (Phi) is 5.75. The molecule has 1 aromatic heterocycles. The lowest BCUT2D eigenvalue weighted by molar-refractivity contribution is 0.400. The maximum Gasteiger partial charge on any atom is 0.339 e. The Morgan fingerprint density at radius 1 is 1.09 bits per heavy atom. The SMILES string of the molecule is COc1cc(\C=C/C(C)=C/C(C)=C/c2ccccc2)oc(=O)c1. The number of hydrogen-bond acceptors (Lipinski definition) is 3. The van der Waals surface area contributed by atoms with Gasteiger partial charge in [-0.15, -0.1) is 0 Å². The third kappa shape index (κ3) is 5.47. The fourth-order valence-corrected chi connectivity index (χ4v) is 2.15. The molecule has 0 saturated carbocycles. The highest BCUT2D eigenvalue weighted by Gasteiger charge is 1.98. The van der Waals surface area contributed by atoms with E-state index in [0.29, 0.717) is 11.5 Å². The summed E-state index contributed by atoms with van der Waals surface area (Å²) in [5.41, 5.74) is 2.94. The second-order valence-electron chi connectivity index (χ2n) is 5.24. The minimum atomic E-state index is -0.425. The molecule has 23 heavy (non-hydrogen) atoms. The molecule has 0 aliphatic carbocycles. The van der Waals surface area contributed by atoms with Gasteiger partial charge in [0.05, 0.1) is 13.2 Å². The van der Waals surface area contributed by atoms with Gasteiger partial charge >= 0.3 is 5.63 Å². The molecule has 0 aliphatic rings. The molecule has 1 aromatic carbocycles. The van der Waals surface area contributed by atoms with Crippen molar-refractivity contribution in [3.8, 4) is 5.75 Å². The van der Waals surface area contributed by atoms with Crippen LogP contribution in [0.4, 0.5) is 0 Å². The van der Waals surface area contributed by atoms with E-state index in [1.54, 1.807) is 12.1 Å². The lowest BCUT2D eigenvalue weighted by atomic mass is 10.1. The van der Waals surface area contributed by atoms with Crippen LogP contribution in [0, 0.1) is 0 Å². The van der Waals surface area contributed by atoms with Crippen LogP contribution in [0.25, 0.3) is 12.2 Å². The maximum absolute atomic E-state index is 11.4. The number of methoxy groups -OCH3 is 1. The Labute approximate surface area is 136 Å². The van der Waals surface area contributed by atoms with Crippen molar-refractivity contribution in [2.24, 2.45) is 0 Å². The van der Waals surface area contributed by atoms with Gasteiger partial charge in [0.25, 0.3) is 0 Å². The van der Waals surface area contributed by atoms with Crippen molar-refractivity contribution in [2.75, 3.05) is 7.11 Å². The van der Waals surface area contributed by atoms with Gasteiger partial charge in [-0.25, -0.2) is 4.79 Å². The largest absolute Gasteiger partial charge is 0.496 e. The lowest BCUT2D eigenvalue weighted by Gasteiger charge is -1.99. The Morgan fingerprint density at radius 2 is 1.83 bits per heavy atom. The van der Waals surface area contributed by atoms with Gasteiger partial charge in [-0.2, -0.15) is 0 Å². The van der Waals surface area contributed by atoms with Gasteiger partial charge in [0.1, 0.15) is 11.5 Å². The number of allylic oxidation sites excluding steroid dienone is 4. The number of benzene rings is 1. The average molecular weight is 308 g/mol. The van der Waals surface area contributed by atoms with E-state index < -0.39 is 5.63 Å². The smallest absolute Gasteiger partial charge is 0.339 e. The van der Waals surface area contributed by atoms with Crippen molar-refractivity contribution < 1.29 is 9.15 Å². The first-order valence-corrected chi connectivity index (χ1v) is 7.36. The van der Waals surface area contributed by atoms with Crippen LogP contribution in [-0.2, 0) is 0 Å². The molecule has 0 bridgehead atoms. The molecule has 2 rings (SSSR count). The van der Waals surface area contributed by atoms with Crippen LogP contribution in [0.1, 0.15) is 25.2 Å². The molecule has 1 heterocycles. The standard InChI is InChI=1S/C20H20O3/c1-15(11-16(2)12-17-7-5-4-6-8-17)9-10-18-13-19(22-3)14-20(21)23-18/h4-14H,1-3H3/b10-9-,15-11+,16-12+. The quantitative estimate of drug-likeness (QED) is 0.751. The Bertz CT molecular complexity index is 793. The van der Waals surface area contributed by atoms with Gasteiger partial charge in [-0.1, -0.05) is 59.7 Å². The molecule has 0 unspecified atom stereocenters. The zero-order valence-electron chi connectivity index (χ0n) is 13.6. The number of ether oxygens (including phenoxy) is 1. The van der Waals surface area contributed by atoms with Crippen molar-refractivity contribution in [1.29, 1.82) is 0 Å². The molecule has 0 atom stereocenters. The fraction of sp³-hybridized carbons (Fsp3) is 0.150. The van der Waals surface area contributed by atoms with Crippen LogP contribution < -0.4 is 10.4 Å². The summed E-state index contributed by atoms with van der Waals surface area (Å²) in [6.45, 7) is 4.05. The zero-order chi connectivity index (χ0) is 16.7. The molecule has 0 spiro atoms. The van der Waals surface area contributed by atoms with Crippen molar-refractivity contribution in [2.45, 2.75) is 13.8 Å². The molecule has 0 aliphatic heterocycles. The van der Waals surface area contributed by atoms with E-state index >= 15 is 0 Å². The molecule has 3 nitrogen and oxygen atoms in total. The Hall–Kier alpha value is -2.81. The van der Waals surface area contributed by atoms with Crippen LogP contribution in [0.15, 0.2) is 75.0 Å². The monoisotopic (exact) mass is 308 g/mol. The van der Waals surface area contributed by atoms with Crippen LogP contribution in [0.3, 0.4) is 0 Å². The summed E-state index contributed by atoms with van der Waals surface area (Å²) in [5, 5.41) is 0. The summed E-state index contributed by atoms with van der Waals surface area (Å²) < 4.78 is 10.2. The van der Waals surface area contributed by atoms with E-state index in [2.05, 4.69) is 31.2 Å². The van der Waals surface area contributed by atoms with Crippen molar-refractivity contribution in [1.82, 2.24) is 0 Å². The summed E-state index contributed by atoms with van der Waals surface area (Å²) in [7, 11) is 1.52. The van der Waals surface area contributed by atoms with Gasteiger partial charge in [-0.05, 0) is 25.5 Å². The highest BCUT2D eigenvalue weighted by Crippen LogP contribution is 2.13. The summed E-state index contributed by atoms with van der Waals surface area (Å²) in [6, 6.07) is 13.1. The van der Waals surface area contributed by atoms with Crippen LogP contribution >= 0.6 is 0 Å². The Morgan fingerprint density at radius 3 is 2.52 bits per heavy atom. The first-order valence-electron chi connectivity index (χ1n) is 7.36. The molecule has 118 valence electrons. The first kappa shape index (κ1) is 16.6. The van der Waals surface area contributed by atoms with Crippen LogP contribution in [0.5, 0.6) is 5.75 Å². The fourth-order valence-electron chi connectivity index (χ4n) is 2.15. The molecular formula is C20H20O3. The van der Waals surface area contributed by atoms with E-state index in [1.807, 2.05) is 31.2 Å².